The number of nitrogens with one attached hydrogen (secondary N) is 2. The summed E-state index contributed by atoms with van der Waals surface area (Å²) in [5.41, 5.74) is 3.53. The molecule has 3 aromatic rings. The van der Waals surface area contributed by atoms with Crippen LogP contribution >= 0.6 is 0 Å². The molecule has 29 heavy (non-hydrogen) atoms. The summed E-state index contributed by atoms with van der Waals surface area (Å²) in [5.74, 6) is 1.57. The second-order valence-electron chi connectivity index (χ2n) is 6.50. The molecule has 7 heteroatoms. The second-order valence-corrected chi connectivity index (χ2v) is 6.50. The molecule has 0 unspecified atom stereocenters. The third-order valence-electron chi connectivity index (χ3n) is 4.39. The standard InChI is InChI=1S/C22H24N4O3/c1-15-4-6-16(7-5-15)12-23-21-11-18(25-14-26-21)22(27)24-13-17-8-9-19(28-2)20(10-17)29-3/h4-11,14H,12-13H2,1-3H3,(H,24,27)(H,23,25,26). The lowest BCUT2D eigenvalue weighted by atomic mass is 10.1. The topological polar surface area (TPSA) is 85.4 Å². The lowest BCUT2D eigenvalue weighted by molar-refractivity contribution is 0.0945. The number of ether oxygens (including phenoxy) is 2. The van der Waals surface area contributed by atoms with Crippen molar-refractivity contribution in [2.24, 2.45) is 0 Å². The van der Waals surface area contributed by atoms with E-state index in [2.05, 4.69) is 51.8 Å². The number of benzene rings is 2. The summed E-state index contributed by atoms with van der Waals surface area (Å²) in [4.78, 5) is 20.7. The van der Waals surface area contributed by atoms with Gasteiger partial charge in [-0.1, -0.05) is 35.9 Å². The van der Waals surface area contributed by atoms with Gasteiger partial charge in [0.2, 0.25) is 0 Å². The molecule has 0 aliphatic rings. The van der Waals surface area contributed by atoms with Gasteiger partial charge < -0.3 is 20.1 Å². The lowest BCUT2D eigenvalue weighted by Gasteiger charge is -2.11. The molecule has 0 atom stereocenters. The Hall–Kier alpha value is -3.61. The summed E-state index contributed by atoms with van der Waals surface area (Å²) in [7, 11) is 3.16. The monoisotopic (exact) mass is 392 g/mol. The fourth-order valence-electron chi connectivity index (χ4n) is 2.74. The average molecular weight is 392 g/mol. The first kappa shape index (κ1) is 20.1. The first-order valence-electron chi connectivity index (χ1n) is 9.19. The Morgan fingerprint density at radius 1 is 0.897 bits per heavy atom. The fourth-order valence-corrected chi connectivity index (χ4v) is 2.74. The van der Waals surface area contributed by atoms with Gasteiger partial charge >= 0.3 is 0 Å². The zero-order chi connectivity index (χ0) is 20.6. The van der Waals surface area contributed by atoms with Crippen LogP contribution in [0.1, 0.15) is 27.2 Å². The van der Waals surface area contributed by atoms with Gasteiger partial charge in [-0.25, -0.2) is 9.97 Å². The fraction of sp³-hybridized carbons (Fsp3) is 0.227. The molecule has 0 radical (unpaired) electrons. The van der Waals surface area contributed by atoms with Gasteiger partial charge in [0, 0.05) is 19.2 Å². The van der Waals surface area contributed by atoms with Crippen LogP contribution in [0.3, 0.4) is 0 Å². The third-order valence-corrected chi connectivity index (χ3v) is 4.39. The molecular weight excluding hydrogens is 368 g/mol. The number of carbonyl (C=O) groups is 1. The van der Waals surface area contributed by atoms with Crippen LogP contribution in [0.25, 0.3) is 0 Å². The number of amides is 1. The number of methoxy groups -OCH3 is 2. The maximum atomic E-state index is 12.5. The van der Waals surface area contributed by atoms with Gasteiger partial charge in [0.05, 0.1) is 14.2 Å². The maximum Gasteiger partial charge on any atom is 0.270 e. The van der Waals surface area contributed by atoms with Crippen molar-refractivity contribution in [1.82, 2.24) is 15.3 Å². The molecule has 1 amide bonds. The van der Waals surface area contributed by atoms with Gasteiger partial charge in [-0.2, -0.15) is 0 Å². The quantitative estimate of drug-likeness (QED) is 0.612. The van der Waals surface area contributed by atoms with Crippen molar-refractivity contribution in [3.63, 3.8) is 0 Å². The molecule has 0 bridgehead atoms. The highest BCUT2D eigenvalue weighted by atomic mass is 16.5. The van der Waals surface area contributed by atoms with Crippen LogP contribution in [0.15, 0.2) is 54.9 Å². The molecule has 2 N–H and O–H groups in total. The first-order valence-corrected chi connectivity index (χ1v) is 9.19. The molecule has 0 fully saturated rings. The smallest absolute Gasteiger partial charge is 0.270 e. The van der Waals surface area contributed by atoms with E-state index in [1.807, 2.05) is 12.1 Å². The number of aromatic nitrogens is 2. The number of aryl methyl sites for hydroxylation is 1. The van der Waals surface area contributed by atoms with Gasteiger partial charge in [-0.05, 0) is 30.2 Å². The van der Waals surface area contributed by atoms with E-state index in [-0.39, 0.29) is 5.91 Å². The van der Waals surface area contributed by atoms with Crippen molar-refractivity contribution >= 4 is 11.7 Å². The first-order chi connectivity index (χ1) is 14.1. The zero-order valence-electron chi connectivity index (χ0n) is 16.7. The Morgan fingerprint density at radius 2 is 1.62 bits per heavy atom. The summed E-state index contributed by atoms with van der Waals surface area (Å²) in [5, 5.41) is 6.07. The molecule has 1 heterocycles. The van der Waals surface area contributed by atoms with E-state index in [1.165, 1.54) is 11.9 Å². The Labute approximate surface area is 170 Å². The van der Waals surface area contributed by atoms with Crippen molar-refractivity contribution in [3.8, 4) is 11.5 Å². The number of nitrogens with zero attached hydrogens (tertiary/aromatic N) is 2. The van der Waals surface area contributed by atoms with Crippen LogP contribution in [0.2, 0.25) is 0 Å². The van der Waals surface area contributed by atoms with Crippen molar-refractivity contribution in [3.05, 3.63) is 77.2 Å². The van der Waals surface area contributed by atoms with Crippen LogP contribution in [-0.4, -0.2) is 30.1 Å². The SMILES string of the molecule is COc1ccc(CNC(=O)c2cc(NCc3ccc(C)cc3)ncn2)cc1OC. The summed E-state index contributed by atoms with van der Waals surface area (Å²) >= 11 is 0. The van der Waals surface area contributed by atoms with Gasteiger partial charge in [-0.3, -0.25) is 4.79 Å². The van der Waals surface area contributed by atoms with Crippen LogP contribution in [0.4, 0.5) is 5.82 Å². The maximum absolute atomic E-state index is 12.5. The summed E-state index contributed by atoms with van der Waals surface area (Å²) in [6.45, 7) is 3.01. The minimum Gasteiger partial charge on any atom is -0.493 e. The highest BCUT2D eigenvalue weighted by Crippen LogP contribution is 2.27. The van der Waals surface area contributed by atoms with E-state index in [9.17, 15) is 4.79 Å². The van der Waals surface area contributed by atoms with Crippen LogP contribution in [0, 0.1) is 6.92 Å². The molecule has 0 saturated carbocycles. The Bertz CT molecular complexity index is 974. The van der Waals surface area contributed by atoms with Crippen LogP contribution in [-0.2, 0) is 13.1 Å². The summed E-state index contributed by atoms with van der Waals surface area (Å²) < 4.78 is 10.5. The molecule has 1 aromatic heterocycles. The molecule has 2 aromatic carbocycles. The number of rotatable bonds is 8. The van der Waals surface area contributed by atoms with E-state index < -0.39 is 0 Å². The number of hydrogen-bond donors (Lipinski definition) is 2. The van der Waals surface area contributed by atoms with E-state index in [0.717, 1.165) is 11.1 Å². The molecule has 7 nitrogen and oxygen atoms in total. The highest BCUT2D eigenvalue weighted by Gasteiger charge is 2.10. The molecule has 0 aliphatic carbocycles. The van der Waals surface area contributed by atoms with Gasteiger partial charge in [0.25, 0.3) is 5.91 Å². The minimum absolute atomic E-state index is 0.277. The van der Waals surface area contributed by atoms with E-state index in [1.54, 1.807) is 26.4 Å². The Morgan fingerprint density at radius 3 is 2.34 bits per heavy atom. The van der Waals surface area contributed by atoms with Gasteiger partial charge in [0.1, 0.15) is 17.8 Å². The molecule has 150 valence electrons. The molecule has 0 aliphatic heterocycles. The third kappa shape index (κ3) is 5.44. The second kappa shape index (κ2) is 9.54. The Kier molecular flexibility index (Phi) is 6.63. The van der Waals surface area contributed by atoms with Crippen LogP contribution in [0.5, 0.6) is 11.5 Å². The van der Waals surface area contributed by atoms with Crippen molar-refractivity contribution in [2.75, 3.05) is 19.5 Å². The lowest BCUT2D eigenvalue weighted by Crippen LogP contribution is -2.24. The zero-order valence-corrected chi connectivity index (χ0v) is 16.7. The Balaban J connectivity index is 1.59. The largest absolute Gasteiger partial charge is 0.493 e. The van der Waals surface area contributed by atoms with Gasteiger partial charge in [-0.15, -0.1) is 0 Å². The predicted octanol–water partition coefficient (Wildman–Crippen LogP) is 3.34. The normalized spacial score (nSPS) is 10.3. The van der Waals surface area contributed by atoms with E-state index >= 15 is 0 Å². The number of hydrogen-bond acceptors (Lipinski definition) is 6. The number of anilines is 1. The van der Waals surface area contributed by atoms with Crippen molar-refractivity contribution in [2.45, 2.75) is 20.0 Å². The summed E-state index contributed by atoms with van der Waals surface area (Å²) in [6.07, 6.45) is 1.38. The minimum atomic E-state index is -0.277. The molecule has 3 rings (SSSR count). The summed E-state index contributed by atoms with van der Waals surface area (Å²) in [6, 6.07) is 15.4. The molecule has 0 spiro atoms. The predicted molar refractivity (Wildman–Crippen MR) is 111 cm³/mol. The highest BCUT2D eigenvalue weighted by molar-refractivity contribution is 5.92. The van der Waals surface area contributed by atoms with E-state index in [0.29, 0.717) is 36.1 Å². The average Bonchev–Trinajstić information content (AvgIpc) is 2.77. The molecule has 0 saturated heterocycles. The number of carbonyl (C=O) groups excluding carboxylic acids is 1. The van der Waals surface area contributed by atoms with E-state index in [4.69, 9.17) is 9.47 Å². The van der Waals surface area contributed by atoms with Crippen LogP contribution < -0.4 is 20.1 Å². The van der Waals surface area contributed by atoms with Crippen molar-refractivity contribution in [1.29, 1.82) is 0 Å². The molecular formula is C22H24N4O3. The van der Waals surface area contributed by atoms with Gasteiger partial charge in [0.15, 0.2) is 11.5 Å². The van der Waals surface area contributed by atoms with Crippen molar-refractivity contribution < 1.29 is 14.3 Å².